The molecule has 1 N–H and O–H groups in total. The molecule has 240 valence electrons. The van der Waals surface area contributed by atoms with E-state index in [0.717, 1.165) is 56.4 Å². The Kier molecular flexibility index (Phi) is 10.2. The maximum Gasteiger partial charge on any atom is 0.254 e. The summed E-state index contributed by atoms with van der Waals surface area (Å²) >= 11 is 12.8. The van der Waals surface area contributed by atoms with Crippen LogP contribution in [0.4, 0.5) is 0 Å². The van der Waals surface area contributed by atoms with Crippen LogP contribution in [0.5, 0.6) is 17.2 Å². The number of methoxy groups -OCH3 is 3. The number of rotatable bonds is 10. The number of carbonyl (C=O) groups is 2. The third-order valence-corrected chi connectivity index (χ3v) is 10.4. The van der Waals surface area contributed by atoms with Gasteiger partial charge in [-0.25, -0.2) is 0 Å². The summed E-state index contributed by atoms with van der Waals surface area (Å²) in [6.07, 6.45) is 3.08. The minimum absolute atomic E-state index is 0.0670. The molecule has 2 amide bonds. The van der Waals surface area contributed by atoms with Gasteiger partial charge < -0.3 is 29.3 Å². The van der Waals surface area contributed by atoms with Gasteiger partial charge in [0, 0.05) is 31.1 Å². The van der Waals surface area contributed by atoms with Gasteiger partial charge in [0.15, 0.2) is 11.5 Å². The minimum atomic E-state index is -0.537. The molecule has 1 unspecified atom stereocenters. The highest BCUT2D eigenvalue weighted by atomic mass is 35.5. The van der Waals surface area contributed by atoms with Crippen LogP contribution in [-0.2, 0) is 15.6 Å². The number of nitrogens with zero attached hydrogens (tertiary/aromatic N) is 2. The fourth-order valence-corrected chi connectivity index (χ4v) is 7.31. The highest BCUT2D eigenvalue weighted by Crippen LogP contribution is 2.43. The molecule has 2 aliphatic rings. The van der Waals surface area contributed by atoms with Gasteiger partial charge >= 0.3 is 0 Å². The van der Waals surface area contributed by atoms with Gasteiger partial charge in [0.25, 0.3) is 5.91 Å². The molecule has 5 rings (SSSR count). The number of likely N-dealkylation sites (N-methyl/N-ethyl adjacent to an activating group) is 1. The molecule has 3 aromatic rings. The van der Waals surface area contributed by atoms with E-state index in [-0.39, 0.29) is 17.2 Å². The van der Waals surface area contributed by atoms with Crippen molar-refractivity contribution < 1.29 is 23.8 Å². The van der Waals surface area contributed by atoms with Gasteiger partial charge in [-0.1, -0.05) is 59.6 Å². The maximum absolute atomic E-state index is 13.9. The lowest BCUT2D eigenvalue weighted by molar-refractivity contribution is -0.128. The average Bonchev–Trinajstić information content (AvgIpc) is 3.53. The van der Waals surface area contributed by atoms with Crippen molar-refractivity contribution in [2.45, 2.75) is 36.5 Å². The van der Waals surface area contributed by atoms with Crippen LogP contribution in [0.3, 0.4) is 0 Å². The topological polar surface area (TPSA) is 80.3 Å². The molecular formula is C35H41Cl2N3O5. The van der Waals surface area contributed by atoms with Gasteiger partial charge in [0.2, 0.25) is 11.7 Å². The molecule has 2 aliphatic heterocycles. The number of amides is 2. The number of halogens is 2. The van der Waals surface area contributed by atoms with Gasteiger partial charge in [-0.2, -0.15) is 0 Å². The first kappa shape index (κ1) is 32.9. The zero-order chi connectivity index (χ0) is 32.2. The Labute approximate surface area is 275 Å². The number of piperidine rings is 1. The first-order valence-corrected chi connectivity index (χ1v) is 16.0. The summed E-state index contributed by atoms with van der Waals surface area (Å²) in [5.74, 6) is 1.27. The molecule has 2 fully saturated rings. The average molecular weight is 655 g/mol. The molecule has 45 heavy (non-hydrogen) atoms. The summed E-state index contributed by atoms with van der Waals surface area (Å²) in [6, 6.07) is 19.3. The standard InChI is InChI=1S/C35H41Cl2N3O5/c1-38-33(42)35(25-8-6-5-7-9-25)14-17-39(18-15-35)16-12-34(26-10-11-27(36)28(37)22-26)13-19-40(23-34)32(41)24-20-29(43-2)31(45-4)30(21-24)44-3/h5-11,20-22H,12-19,23H2,1-4H3,(H,38,42). The fourth-order valence-electron chi connectivity index (χ4n) is 7.02. The molecule has 0 spiro atoms. The molecule has 2 heterocycles. The van der Waals surface area contributed by atoms with E-state index in [0.29, 0.717) is 45.9 Å². The van der Waals surface area contributed by atoms with Crippen LogP contribution in [0.1, 0.15) is 47.2 Å². The third kappa shape index (κ3) is 6.46. The second-order valence-electron chi connectivity index (χ2n) is 11.9. The number of benzene rings is 3. The van der Waals surface area contributed by atoms with Crippen LogP contribution in [0.25, 0.3) is 0 Å². The Morgan fingerprint density at radius 3 is 2.07 bits per heavy atom. The molecule has 0 aliphatic carbocycles. The van der Waals surface area contributed by atoms with E-state index in [1.165, 1.54) is 21.3 Å². The SMILES string of the molecule is CNC(=O)C1(c2ccccc2)CCN(CCC2(c3ccc(Cl)c(Cl)c3)CCN(C(=O)c3cc(OC)c(OC)c(OC)c3)C2)CC1. The first-order chi connectivity index (χ1) is 21.7. The van der Waals surface area contributed by atoms with Crippen molar-refractivity contribution in [3.05, 3.63) is 87.4 Å². The normalized spacial score (nSPS) is 19.6. The Bertz CT molecular complexity index is 1500. The van der Waals surface area contributed by atoms with Crippen molar-refractivity contribution in [3.63, 3.8) is 0 Å². The summed E-state index contributed by atoms with van der Waals surface area (Å²) in [6.45, 7) is 3.54. The smallest absolute Gasteiger partial charge is 0.254 e. The summed E-state index contributed by atoms with van der Waals surface area (Å²) < 4.78 is 16.5. The molecular weight excluding hydrogens is 613 g/mol. The third-order valence-electron chi connectivity index (χ3n) is 9.69. The van der Waals surface area contributed by atoms with Crippen molar-refractivity contribution in [2.75, 3.05) is 61.1 Å². The molecule has 0 saturated carbocycles. The lowest BCUT2D eigenvalue weighted by Gasteiger charge is -2.42. The van der Waals surface area contributed by atoms with Crippen molar-refractivity contribution >= 4 is 35.0 Å². The predicted molar refractivity (Wildman–Crippen MR) is 177 cm³/mol. The second kappa shape index (κ2) is 13.9. The Morgan fingerprint density at radius 1 is 0.822 bits per heavy atom. The van der Waals surface area contributed by atoms with E-state index in [1.807, 2.05) is 41.3 Å². The summed E-state index contributed by atoms with van der Waals surface area (Å²) in [7, 11) is 6.33. The Balaban J connectivity index is 1.36. The van der Waals surface area contributed by atoms with Crippen LogP contribution >= 0.6 is 23.2 Å². The van der Waals surface area contributed by atoms with E-state index in [4.69, 9.17) is 37.4 Å². The highest BCUT2D eigenvalue weighted by Gasteiger charge is 2.45. The van der Waals surface area contributed by atoms with E-state index in [1.54, 1.807) is 19.2 Å². The highest BCUT2D eigenvalue weighted by molar-refractivity contribution is 6.42. The summed E-state index contributed by atoms with van der Waals surface area (Å²) in [5, 5.41) is 3.91. The van der Waals surface area contributed by atoms with Crippen LogP contribution in [-0.4, -0.2) is 82.7 Å². The summed E-state index contributed by atoms with van der Waals surface area (Å²) in [4.78, 5) is 31.4. The zero-order valence-corrected chi connectivity index (χ0v) is 27.8. The molecule has 2 saturated heterocycles. The molecule has 1 atom stereocenters. The predicted octanol–water partition coefficient (Wildman–Crippen LogP) is 5.97. The Hall–Kier alpha value is -3.46. The number of carbonyl (C=O) groups excluding carboxylic acids is 2. The van der Waals surface area contributed by atoms with Gasteiger partial charge in [-0.05, 0) is 80.7 Å². The monoisotopic (exact) mass is 653 g/mol. The molecule has 10 heteroatoms. The van der Waals surface area contributed by atoms with Gasteiger partial charge in [0.05, 0.1) is 36.8 Å². The molecule has 0 bridgehead atoms. The number of nitrogens with one attached hydrogen (secondary N) is 1. The van der Waals surface area contributed by atoms with Crippen LogP contribution in [0.15, 0.2) is 60.7 Å². The summed E-state index contributed by atoms with van der Waals surface area (Å²) in [5.41, 5.74) is 1.74. The molecule has 8 nitrogen and oxygen atoms in total. The maximum atomic E-state index is 13.9. The van der Waals surface area contributed by atoms with Gasteiger partial charge in [0.1, 0.15) is 0 Å². The van der Waals surface area contributed by atoms with Crippen molar-refractivity contribution in [2.24, 2.45) is 0 Å². The fraction of sp³-hybridized carbons (Fsp3) is 0.429. The van der Waals surface area contributed by atoms with E-state index < -0.39 is 5.41 Å². The Morgan fingerprint density at radius 2 is 1.49 bits per heavy atom. The lowest BCUT2D eigenvalue weighted by Crippen LogP contribution is -2.51. The second-order valence-corrected chi connectivity index (χ2v) is 12.7. The van der Waals surface area contributed by atoms with Crippen molar-refractivity contribution in [3.8, 4) is 17.2 Å². The number of likely N-dealkylation sites (tertiary alicyclic amines) is 2. The molecule has 0 radical (unpaired) electrons. The molecule has 0 aromatic heterocycles. The molecule has 3 aromatic carbocycles. The van der Waals surface area contributed by atoms with Crippen LogP contribution in [0.2, 0.25) is 10.0 Å². The van der Waals surface area contributed by atoms with Crippen molar-refractivity contribution in [1.82, 2.24) is 15.1 Å². The van der Waals surface area contributed by atoms with E-state index >= 15 is 0 Å². The van der Waals surface area contributed by atoms with Crippen LogP contribution < -0.4 is 19.5 Å². The zero-order valence-electron chi connectivity index (χ0n) is 26.3. The number of ether oxygens (including phenoxy) is 3. The first-order valence-electron chi connectivity index (χ1n) is 15.2. The lowest BCUT2D eigenvalue weighted by atomic mass is 9.71. The van der Waals surface area contributed by atoms with E-state index in [9.17, 15) is 9.59 Å². The van der Waals surface area contributed by atoms with Gasteiger partial charge in [-0.3, -0.25) is 9.59 Å². The van der Waals surface area contributed by atoms with Gasteiger partial charge in [-0.15, -0.1) is 0 Å². The van der Waals surface area contributed by atoms with Crippen molar-refractivity contribution in [1.29, 1.82) is 0 Å². The van der Waals surface area contributed by atoms with Crippen LogP contribution in [0, 0.1) is 0 Å². The minimum Gasteiger partial charge on any atom is -0.493 e. The number of hydrogen-bond acceptors (Lipinski definition) is 6. The van der Waals surface area contributed by atoms with E-state index in [2.05, 4.69) is 22.3 Å². The largest absolute Gasteiger partial charge is 0.493 e. The quantitative estimate of drug-likeness (QED) is 0.290. The number of hydrogen-bond donors (Lipinski definition) is 1.